The van der Waals surface area contributed by atoms with E-state index in [1.165, 1.54) is 0 Å². The Kier molecular flexibility index (Phi) is 4.67. The quantitative estimate of drug-likeness (QED) is 0.769. The first-order valence-electron chi connectivity index (χ1n) is 5.61. The predicted octanol–water partition coefficient (Wildman–Crippen LogP) is 2.87. The molecule has 1 aliphatic rings. The molecule has 1 rings (SSSR count). The van der Waals surface area contributed by atoms with Gasteiger partial charge >= 0.3 is 0 Å². The summed E-state index contributed by atoms with van der Waals surface area (Å²) in [5, 5.41) is 0. The molecule has 0 unspecified atom stereocenters. The van der Waals surface area contributed by atoms with Gasteiger partial charge in [-0.15, -0.1) is 0 Å². The van der Waals surface area contributed by atoms with E-state index in [0.29, 0.717) is 12.3 Å². The van der Waals surface area contributed by atoms with Gasteiger partial charge in [-0.1, -0.05) is 32.1 Å². The fraction of sp³-hybridized carbons (Fsp3) is 1.00. The molecule has 0 bridgehead atoms. The lowest BCUT2D eigenvalue weighted by Crippen LogP contribution is -2.28. The van der Waals surface area contributed by atoms with E-state index in [2.05, 4.69) is 0 Å². The van der Waals surface area contributed by atoms with Crippen LogP contribution in [0.15, 0.2) is 0 Å². The molecular weight excluding hydrogens is 238 g/mol. The van der Waals surface area contributed by atoms with Gasteiger partial charge < -0.3 is 0 Å². The molecule has 0 saturated heterocycles. The number of hydrogen-bond acceptors (Lipinski definition) is 2. The molecule has 0 radical (unpaired) electrons. The van der Waals surface area contributed by atoms with Crippen LogP contribution in [0, 0.1) is 5.92 Å². The minimum atomic E-state index is -4.58. The van der Waals surface area contributed by atoms with Crippen LogP contribution in [0.2, 0.25) is 0 Å². The van der Waals surface area contributed by atoms with Crippen molar-refractivity contribution in [3.63, 3.8) is 0 Å². The van der Waals surface area contributed by atoms with Gasteiger partial charge in [-0.3, -0.25) is 4.55 Å². The summed E-state index contributed by atoms with van der Waals surface area (Å²) in [5.74, 6) is -4.46. The third kappa shape index (κ3) is 5.75. The minimum Gasteiger partial charge on any atom is -0.285 e. The van der Waals surface area contributed by atoms with Crippen molar-refractivity contribution in [1.82, 2.24) is 0 Å². The SMILES string of the molecule is O=S(=O)(O)CC(F)(F)CCC1CCCCC1. The van der Waals surface area contributed by atoms with Crippen molar-refractivity contribution < 1.29 is 21.8 Å². The molecule has 3 nitrogen and oxygen atoms in total. The summed E-state index contributed by atoms with van der Waals surface area (Å²) in [6.45, 7) is 0. The van der Waals surface area contributed by atoms with Crippen LogP contribution in [0.4, 0.5) is 8.78 Å². The largest absolute Gasteiger partial charge is 0.285 e. The summed E-state index contributed by atoms with van der Waals surface area (Å²) in [5.41, 5.74) is 0. The zero-order valence-corrected chi connectivity index (χ0v) is 9.98. The molecule has 1 fully saturated rings. The molecule has 96 valence electrons. The molecule has 0 aliphatic heterocycles. The van der Waals surface area contributed by atoms with Crippen LogP contribution < -0.4 is 0 Å². The standard InChI is InChI=1S/C10H18F2O3S/c11-10(12,8-16(13,14)15)7-6-9-4-2-1-3-5-9/h9H,1-8H2,(H,13,14,15). The fourth-order valence-corrected chi connectivity index (χ4v) is 2.91. The molecule has 6 heteroatoms. The van der Waals surface area contributed by atoms with Gasteiger partial charge in [0.2, 0.25) is 0 Å². The van der Waals surface area contributed by atoms with Gasteiger partial charge in [0.05, 0.1) is 0 Å². The summed E-state index contributed by atoms with van der Waals surface area (Å²) in [7, 11) is -4.58. The van der Waals surface area contributed by atoms with E-state index in [1.54, 1.807) is 0 Å². The molecule has 0 aromatic heterocycles. The Morgan fingerprint density at radius 2 is 1.75 bits per heavy atom. The monoisotopic (exact) mass is 256 g/mol. The van der Waals surface area contributed by atoms with Gasteiger partial charge in [0.15, 0.2) is 0 Å². The number of halogens is 2. The summed E-state index contributed by atoms with van der Waals surface area (Å²) in [6, 6.07) is 0. The highest BCUT2D eigenvalue weighted by Gasteiger charge is 2.35. The Hall–Kier alpha value is -0.230. The van der Waals surface area contributed by atoms with E-state index in [-0.39, 0.29) is 0 Å². The smallest absolute Gasteiger partial charge is 0.270 e. The number of hydrogen-bond donors (Lipinski definition) is 1. The van der Waals surface area contributed by atoms with E-state index in [4.69, 9.17) is 4.55 Å². The number of rotatable bonds is 5. The van der Waals surface area contributed by atoms with Gasteiger partial charge in [0.25, 0.3) is 16.0 Å². The Morgan fingerprint density at radius 1 is 1.19 bits per heavy atom. The summed E-state index contributed by atoms with van der Waals surface area (Å²) < 4.78 is 55.4. The van der Waals surface area contributed by atoms with Crippen LogP contribution in [0.25, 0.3) is 0 Å². The van der Waals surface area contributed by atoms with Crippen molar-refractivity contribution >= 4 is 10.1 Å². The van der Waals surface area contributed by atoms with Crippen molar-refractivity contribution in [2.45, 2.75) is 50.9 Å². The van der Waals surface area contributed by atoms with E-state index < -0.39 is 28.2 Å². The van der Waals surface area contributed by atoms with Crippen molar-refractivity contribution in [2.24, 2.45) is 5.92 Å². The van der Waals surface area contributed by atoms with Crippen LogP contribution in [0.5, 0.6) is 0 Å². The van der Waals surface area contributed by atoms with Crippen LogP contribution in [-0.2, 0) is 10.1 Å². The van der Waals surface area contributed by atoms with Crippen LogP contribution in [0.3, 0.4) is 0 Å². The summed E-state index contributed by atoms with van der Waals surface area (Å²) in [6.07, 6.45) is 5.14. The lowest BCUT2D eigenvalue weighted by atomic mass is 9.85. The van der Waals surface area contributed by atoms with E-state index in [1.807, 2.05) is 0 Å². The Balaban J connectivity index is 2.34. The fourth-order valence-electron chi connectivity index (χ4n) is 2.23. The van der Waals surface area contributed by atoms with Crippen LogP contribution in [0.1, 0.15) is 44.9 Å². The molecular formula is C10H18F2O3S. The third-order valence-electron chi connectivity index (χ3n) is 3.04. The Morgan fingerprint density at radius 3 is 2.25 bits per heavy atom. The zero-order valence-electron chi connectivity index (χ0n) is 9.16. The predicted molar refractivity (Wildman–Crippen MR) is 57.2 cm³/mol. The van der Waals surface area contributed by atoms with E-state index >= 15 is 0 Å². The first kappa shape index (κ1) is 13.8. The molecule has 0 atom stereocenters. The highest BCUT2D eigenvalue weighted by Crippen LogP contribution is 2.31. The van der Waals surface area contributed by atoms with Crippen molar-refractivity contribution in [3.8, 4) is 0 Å². The second kappa shape index (κ2) is 5.40. The second-order valence-electron chi connectivity index (χ2n) is 4.62. The molecule has 1 saturated carbocycles. The lowest BCUT2D eigenvalue weighted by Gasteiger charge is -2.23. The first-order valence-corrected chi connectivity index (χ1v) is 7.22. The molecule has 0 amide bonds. The maximum Gasteiger partial charge on any atom is 0.270 e. The van der Waals surface area contributed by atoms with E-state index in [0.717, 1.165) is 32.1 Å². The van der Waals surface area contributed by atoms with Crippen LogP contribution in [-0.4, -0.2) is 24.6 Å². The maximum atomic E-state index is 13.1. The van der Waals surface area contributed by atoms with Gasteiger partial charge in [-0.25, -0.2) is 8.78 Å². The normalized spacial score (nSPS) is 19.9. The maximum absolute atomic E-state index is 13.1. The molecule has 0 aromatic rings. The second-order valence-corrected chi connectivity index (χ2v) is 6.08. The molecule has 0 spiro atoms. The average Bonchev–Trinajstić information content (AvgIpc) is 2.13. The Labute approximate surface area is 95.0 Å². The van der Waals surface area contributed by atoms with Gasteiger partial charge in [0, 0.05) is 6.42 Å². The Bertz CT molecular complexity index is 308. The van der Waals surface area contributed by atoms with Crippen molar-refractivity contribution in [3.05, 3.63) is 0 Å². The highest BCUT2D eigenvalue weighted by atomic mass is 32.2. The molecule has 1 aliphatic carbocycles. The van der Waals surface area contributed by atoms with Crippen molar-refractivity contribution in [1.29, 1.82) is 0 Å². The first-order chi connectivity index (χ1) is 7.29. The topological polar surface area (TPSA) is 54.4 Å². The number of alkyl halides is 2. The highest BCUT2D eigenvalue weighted by molar-refractivity contribution is 7.85. The molecule has 0 aromatic carbocycles. The van der Waals surface area contributed by atoms with E-state index in [9.17, 15) is 17.2 Å². The third-order valence-corrected chi connectivity index (χ3v) is 3.82. The van der Waals surface area contributed by atoms with Gasteiger partial charge in [-0.05, 0) is 12.3 Å². The van der Waals surface area contributed by atoms with Crippen molar-refractivity contribution in [2.75, 3.05) is 5.75 Å². The summed E-state index contributed by atoms with van der Waals surface area (Å²) >= 11 is 0. The zero-order chi connectivity index (χ0) is 12.2. The molecule has 0 heterocycles. The molecule has 16 heavy (non-hydrogen) atoms. The average molecular weight is 256 g/mol. The minimum absolute atomic E-state index is 0.293. The summed E-state index contributed by atoms with van der Waals surface area (Å²) in [4.78, 5) is 0. The lowest BCUT2D eigenvalue weighted by molar-refractivity contribution is 0.00742. The molecule has 1 N–H and O–H groups in total. The van der Waals surface area contributed by atoms with Gasteiger partial charge in [0.1, 0.15) is 5.75 Å². The van der Waals surface area contributed by atoms with Crippen LogP contribution >= 0.6 is 0 Å². The van der Waals surface area contributed by atoms with Gasteiger partial charge in [-0.2, -0.15) is 8.42 Å².